The van der Waals surface area contributed by atoms with E-state index in [0.717, 1.165) is 28.2 Å². The molecule has 1 aliphatic rings. The van der Waals surface area contributed by atoms with Crippen LogP contribution in [0.25, 0.3) is 11.8 Å². The minimum atomic E-state index is -0.577. The number of aliphatic imine (C=N–C) groups is 1. The van der Waals surface area contributed by atoms with Gasteiger partial charge in [-0.2, -0.15) is 0 Å². The number of hydrogen-bond donors (Lipinski definition) is 1. The number of aryl methyl sites for hydroxylation is 3. The summed E-state index contributed by atoms with van der Waals surface area (Å²) in [5, 5.41) is 11.4. The number of benzene rings is 2. The first-order valence-electron chi connectivity index (χ1n) is 11.2. The summed E-state index contributed by atoms with van der Waals surface area (Å²) in [5.74, 6) is -0.679. The molecule has 4 rings (SSSR count). The van der Waals surface area contributed by atoms with E-state index in [0.29, 0.717) is 15.6 Å². The van der Waals surface area contributed by atoms with Gasteiger partial charge in [-0.3, -0.25) is 0 Å². The quantitative estimate of drug-likeness (QED) is 0.410. The third-order valence-electron chi connectivity index (χ3n) is 5.68. The number of esters is 1. The Labute approximate surface area is 204 Å². The van der Waals surface area contributed by atoms with Crippen molar-refractivity contribution in [2.24, 2.45) is 4.99 Å². The molecule has 0 atom stereocenters. The van der Waals surface area contributed by atoms with Crippen molar-refractivity contribution in [3.63, 3.8) is 0 Å². The van der Waals surface area contributed by atoms with E-state index in [1.54, 1.807) is 6.92 Å². The normalized spacial score (nSPS) is 16.0. The van der Waals surface area contributed by atoms with Crippen molar-refractivity contribution in [1.29, 1.82) is 0 Å². The summed E-state index contributed by atoms with van der Waals surface area (Å²) in [6.45, 7) is 10.1. The van der Waals surface area contributed by atoms with Crippen molar-refractivity contribution >= 4 is 34.5 Å². The summed E-state index contributed by atoms with van der Waals surface area (Å²) in [6, 6.07) is 18.2. The van der Waals surface area contributed by atoms with Gasteiger partial charge in [-0.05, 0) is 76.6 Å². The molecule has 3 aromatic rings. The zero-order chi connectivity index (χ0) is 24.4. The molecule has 0 amide bonds. The SMILES string of the molecule is CCOC(=O)C1=C(O)C(=Cc2cc(C)n(-c3ccc(C)cc3)c2C)SC1=Nc1ccc(C)cc1. The van der Waals surface area contributed by atoms with Crippen LogP contribution in [-0.2, 0) is 9.53 Å². The lowest BCUT2D eigenvalue weighted by Crippen LogP contribution is -2.12. The van der Waals surface area contributed by atoms with Gasteiger partial charge in [0.25, 0.3) is 0 Å². The predicted octanol–water partition coefficient (Wildman–Crippen LogP) is 6.90. The van der Waals surface area contributed by atoms with Crippen LogP contribution in [0.1, 0.15) is 35.0 Å². The van der Waals surface area contributed by atoms with Gasteiger partial charge in [0.05, 0.1) is 17.2 Å². The lowest BCUT2D eigenvalue weighted by Gasteiger charge is -2.10. The molecule has 0 radical (unpaired) electrons. The van der Waals surface area contributed by atoms with Crippen LogP contribution in [0, 0.1) is 27.7 Å². The maximum absolute atomic E-state index is 12.7. The lowest BCUT2D eigenvalue weighted by atomic mass is 10.1. The minimum absolute atomic E-state index is 0.102. The molecule has 1 N–H and O–H groups in total. The number of ether oxygens (including phenoxy) is 1. The first kappa shape index (κ1) is 23.6. The van der Waals surface area contributed by atoms with Crippen LogP contribution in [0.3, 0.4) is 0 Å². The van der Waals surface area contributed by atoms with Gasteiger partial charge in [0, 0.05) is 17.1 Å². The highest BCUT2D eigenvalue weighted by Gasteiger charge is 2.33. The number of thioether (sulfide) groups is 1. The Morgan fingerprint density at radius 2 is 1.65 bits per heavy atom. The van der Waals surface area contributed by atoms with E-state index in [2.05, 4.69) is 53.7 Å². The molecule has 174 valence electrons. The minimum Gasteiger partial charge on any atom is -0.506 e. The number of aromatic nitrogens is 1. The van der Waals surface area contributed by atoms with Crippen LogP contribution in [0.15, 0.2) is 75.8 Å². The number of nitrogens with zero attached hydrogens (tertiary/aromatic N) is 2. The molecule has 0 aliphatic carbocycles. The second-order valence-electron chi connectivity index (χ2n) is 8.30. The molecule has 0 spiro atoms. The first-order valence-corrected chi connectivity index (χ1v) is 12.0. The van der Waals surface area contributed by atoms with Gasteiger partial charge in [-0.1, -0.05) is 47.2 Å². The molecular formula is C28H28N2O3S. The van der Waals surface area contributed by atoms with Crippen molar-refractivity contribution in [2.75, 3.05) is 6.61 Å². The highest BCUT2D eigenvalue weighted by molar-refractivity contribution is 8.18. The van der Waals surface area contributed by atoms with E-state index in [1.165, 1.54) is 17.3 Å². The van der Waals surface area contributed by atoms with Gasteiger partial charge in [-0.15, -0.1) is 0 Å². The van der Waals surface area contributed by atoms with E-state index >= 15 is 0 Å². The maximum atomic E-state index is 12.7. The van der Waals surface area contributed by atoms with Crippen LogP contribution in [0.4, 0.5) is 5.69 Å². The van der Waals surface area contributed by atoms with Gasteiger partial charge >= 0.3 is 5.97 Å². The highest BCUT2D eigenvalue weighted by atomic mass is 32.2. The molecule has 0 unspecified atom stereocenters. The molecule has 2 heterocycles. The third-order valence-corrected chi connectivity index (χ3v) is 6.70. The average molecular weight is 473 g/mol. The summed E-state index contributed by atoms with van der Waals surface area (Å²) in [7, 11) is 0. The smallest absolute Gasteiger partial charge is 0.344 e. The summed E-state index contributed by atoms with van der Waals surface area (Å²) in [4.78, 5) is 17.9. The fraction of sp³-hybridized carbons (Fsp3) is 0.214. The molecule has 2 aromatic carbocycles. The zero-order valence-corrected chi connectivity index (χ0v) is 20.9. The third kappa shape index (κ3) is 4.73. The molecular weight excluding hydrogens is 444 g/mol. The number of carbonyl (C=O) groups is 1. The first-order chi connectivity index (χ1) is 16.3. The van der Waals surface area contributed by atoms with E-state index in [4.69, 9.17) is 4.74 Å². The molecule has 0 fully saturated rings. The molecule has 0 saturated heterocycles. The molecule has 0 bridgehead atoms. The fourth-order valence-corrected chi connectivity index (χ4v) is 4.92. The van der Waals surface area contributed by atoms with Crippen LogP contribution in [0.5, 0.6) is 0 Å². The standard InChI is InChI=1S/C28H28N2O3S/c1-6-33-28(32)25-26(31)24(34-27(25)29-22-11-7-17(2)8-12-22)16-21-15-19(4)30(20(21)5)23-13-9-18(3)10-14-23/h7-16,31H,6H2,1-5H3. The monoisotopic (exact) mass is 472 g/mol. The number of aliphatic hydroxyl groups is 1. The van der Waals surface area contributed by atoms with Crippen molar-refractivity contribution in [3.05, 3.63) is 98.9 Å². The second kappa shape index (κ2) is 9.77. The summed E-state index contributed by atoms with van der Waals surface area (Å²) >= 11 is 1.27. The Morgan fingerprint density at radius 1 is 1.03 bits per heavy atom. The average Bonchev–Trinajstić information content (AvgIpc) is 3.25. The van der Waals surface area contributed by atoms with E-state index in [1.807, 2.05) is 44.2 Å². The Kier molecular flexibility index (Phi) is 6.80. The van der Waals surface area contributed by atoms with E-state index in [9.17, 15) is 9.90 Å². The Balaban J connectivity index is 1.76. The van der Waals surface area contributed by atoms with Crippen molar-refractivity contribution in [1.82, 2.24) is 4.57 Å². The van der Waals surface area contributed by atoms with Crippen LogP contribution in [-0.4, -0.2) is 27.3 Å². The molecule has 1 aliphatic heterocycles. The van der Waals surface area contributed by atoms with Crippen LogP contribution >= 0.6 is 11.8 Å². The largest absolute Gasteiger partial charge is 0.506 e. The summed E-state index contributed by atoms with van der Waals surface area (Å²) in [6.07, 6.45) is 1.91. The number of hydrogen-bond acceptors (Lipinski definition) is 5. The van der Waals surface area contributed by atoms with Gasteiger partial charge in [0.1, 0.15) is 16.4 Å². The Hall–Kier alpha value is -3.51. The van der Waals surface area contributed by atoms with Crippen LogP contribution < -0.4 is 0 Å². The predicted molar refractivity (Wildman–Crippen MR) is 140 cm³/mol. The molecule has 34 heavy (non-hydrogen) atoms. The zero-order valence-electron chi connectivity index (χ0n) is 20.0. The Morgan fingerprint density at radius 3 is 2.26 bits per heavy atom. The van der Waals surface area contributed by atoms with Crippen LogP contribution in [0.2, 0.25) is 0 Å². The van der Waals surface area contributed by atoms with E-state index in [-0.39, 0.29) is 17.9 Å². The summed E-state index contributed by atoms with van der Waals surface area (Å²) in [5.41, 5.74) is 7.31. The van der Waals surface area contributed by atoms with Crippen molar-refractivity contribution in [2.45, 2.75) is 34.6 Å². The summed E-state index contributed by atoms with van der Waals surface area (Å²) < 4.78 is 7.39. The topological polar surface area (TPSA) is 63.8 Å². The number of carbonyl (C=O) groups excluding carboxylic acids is 1. The lowest BCUT2D eigenvalue weighted by molar-refractivity contribution is -0.138. The maximum Gasteiger partial charge on any atom is 0.344 e. The van der Waals surface area contributed by atoms with Gasteiger partial charge in [0.15, 0.2) is 0 Å². The van der Waals surface area contributed by atoms with E-state index < -0.39 is 5.97 Å². The molecule has 6 heteroatoms. The number of aliphatic hydroxyl groups excluding tert-OH is 1. The van der Waals surface area contributed by atoms with Gasteiger partial charge < -0.3 is 14.4 Å². The van der Waals surface area contributed by atoms with Gasteiger partial charge in [-0.25, -0.2) is 9.79 Å². The highest BCUT2D eigenvalue weighted by Crippen LogP contribution is 2.41. The fourth-order valence-electron chi connectivity index (χ4n) is 3.89. The second-order valence-corrected chi connectivity index (χ2v) is 9.34. The molecule has 5 nitrogen and oxygen atoms in total. The van der Waals surface area contributed by atoms with Crippen molar-refractivity contribution < 1.29 is 14.6 Å². The molecule has 1 aromatic heterocycles. The number of rotatable bonds is 5. The Bertz CT molecular complexity index is 1330. The van der Waals surface area contributed by atoms with Gasteiger partial charge in [0.2, 0.25) is 0 Å². The van der Waals surface area contributed by atoms with Crippen molar-refractivity contribution in [3.8, 4) is 5.69 Å². The molecule has 0 saturated carbocycles.